The molecule has 0 radical (unpaired) electrons. The molecular weight excluding hydrogens is 214 g/mol. The topological polar surface area (TPSA) is 58.7 Å². The number of nitrogens with two attached hydrogens (primary N) is 1. The van der Waals surface area contributed by atoms with Crippen molar-refractivity contribution >= 4 is 17.3 Å². The third-order valence-electron chi connectivity index (χ3n) is 2.85. The number of anilines is 1. The van der Waals surface area contributed by atoms with Gasteiger partial charge in [0.15, 0.2) is 0 Å². The number of hydrogen-bond acceptors (Lipinski definition) is 3. The van der Waals surface area contributed by atoms with Crippen molar-refractivity contribution < 1.29 is 4.79 Å². The minimum absolute atomic E-state index is 0.0282. The third-order valence-corrected chi connectivity index (χ3v) is 2.85. The standard InChI is InChI=1S/C13H17N3O/c1-9-3-4-12(10(2)7-9)16-13(17)8-11(15-16)5-6-14/h3-4,7H,5-6,8,14H2,1-2H3. The molecule has 0 aromatic heterocycles. The highest BCUT2D eigenvalue weighted by molar-refractivity contribution is 6.13. The van der Waals surface area contributed by atoms with Crippen LogP contribution in [0, 0.1) is 13.8 Å². The molecule has 1 aliphatic heterocycles. The molecular formula is C13H17N3O. The molecule has 0 saturated carbocycles. The fraction of sp³-hybridized carbons (Fsp3) is 0.385. The second-order valence-corrected chi connectivity index (χ2v) is 4.38. The largest absolute Gasteiger partial charge is 0.330 e. The number of hydrazone groups is 1. The van der Waals surface area contributed by atoms with Gasteiger partial charge in [0.05, 0.1) is 12.1 Å². The van der Waals surface area contributed by atoms with E-state index in [0.717, 1.165) is 17.0 Å². The molecule has 0 fully saturated rings. The Labute approximate surface area is 101 Å². The van der Waals surface area contributed by atoms with Crippen LogP contribution in [0.4, 0.5) is 5.69 Å². The van der Waals surface area contributed by atoms with Crippen molar-refractivity contribution in [3.8, 4) is 0 Å². The number of carbonyl (C=O) groups is 1. The van der Waals surface area contributed by atoms with E-state index in [1.165, 1.54) is 10.6 Å². The summed E-state index contributed by atoms with van der Waals surface area (Å²) in [6.07, 6.45) is 1.08. The molecule has 1 aromatic rings. The van der Waals surface area contributed by atoms with Crippen molar-refractivity contribution in [2.45, 2.75) is 26.7 Å². The van der Waals surface area contributed by atoms with E-state index >= 15 is 0 Å². The summed E-state index contributed by atoms with van der Waals surface area (Å²) < 4.78 is 0. The van der Waals surface area contributed by atoms with Crippen LogP contribution in [-0.2, 0) is 4.79 Å². The van der Waals surface area contributed by atoms with Gasteiger partial charge >= 0.3 is 0 Å². The lowest BCUT2D eigenvalue weighted by Crippen LogP contribution is -2.20. The van der Waals surface area contributed by atoms with Crippen LogP contribution in [0.2, 0.25) is 0 Å². The molecule has 0 aliphatic carbocycles. The summed E-state index contributed by atoms with van der Waals surface area (Å²) in [6, 6.07) is 5.99. The third kappa shape index (κ3) is 2.36. The zero-order valence-electron chi connectivity index (χ0n) is 10.2. The van der Waals surface area contributed by atoms with E-state index in [2.05, 4.69) is 11.2 Å². The van der Waals surface area contributed by atoms with Gasteiger partial charge in [0.25, 0.3) is 5.91 Å². The van der Waals surface area contributed by atoms with Crippen LogP contribution in [0.15, 0.2) is 23.3 Å². The Morgan fingerprint density at radius 3 is 2.82 bits per heavy atom. The van der Waals surface area contributed by atoms with E-state index in [1.54, 1.807) is 0 Å². The Kier molecular flexibility index (Phi) is 3.24. The zero-order valence-corrected chi connectivity index (χ0v) is 10.2. The van der Waals surface area contributed by atoms with Gasteiger partial charge in [-0.15, -0.1) is 0 Å². The van der Waals surface area contributed by atoms with Gasteiger partial charge in [-0.1, -0.05) is 17.7 Å². The summed E-state index contributed by atoms with van der Waals surface area (Å²) in [5.74, 6) is 0.0282. The second kappa shape index (κ2) is 4.67. The van der Waals surface area contributed by atoms with Crippen molar-refractivity contribution in [2.75, 3.05) is 11.6 Å². The predicted molar refractivity (Wildman–Crippen MR) is 69.1 cm³/mol. The highest BCUT2D eigenvalue weighted by Crippen LogP contribution is 2.25. The van der Waals surface area contributed by atoms with Crippen LogP contribution in [0.3, 0.4) is 0 Å². The lowest BCUT2D eigenvalue weighted by molar-refractivity contribution is -0.116. The number of amides is 1. The van der Waals surface area contributed by atoms with Gasteiger partial charge in [0, 0.05) is 12.1 Å². The van der Waals surface area contributed by atoms with Gasteiger partial charge in [0.2, 0.25) is 0 Å². The number of carbonyl (C=O) groups excluding carboxylic acids is 1. The first-order chi connectivity index (χ1) is 8.11. The quantitative estimate of drug-likeness (QED) is 0.861. The molecule has 17 heavy (non-hydrogen) atoms. The number of hydrogen-bond donors (Lipinski definition) is 1. The summed E-state index contributed by atoms with van der Waals surface area (Å²) in [5.41, 5.74) is 9.47. The maximum Gasteiger partial charge on any atom is 0.253 e. The number of nitrogens with zero attached hydrogens (tertiary/aromatic N) is 2. The Balaban J connectivity index is 2.30. The highest BCUT2D eigenvalue weighted by Gasteiger charge is 2.25. The molecule has 0 unspecified atom stereocenters. The molecule has 0 bridgehead atoms. The van der Waals surface area contributed by atoms with Crippen LogP contribution >= 0.6 is 0 Å². The minimum atomic E-state index is 0.0282. The van der Waals surface area contributed by atoms with Gasteiger partial charge in [-0.25, -0.2) is 5.01 Å². The van der Waals surface area contributed by atoms with E-state index in [-0.39, 0.29) is 5.91 Å². The second-order valence-electron chi connectivity index (χ2n) is 4.38. The fourth-order valence-electron chi connectivity index (χ4n) is 2.02. The van der Waals surface area contributed by atoms with Crippen LogP contribution in [0.5, 0.6) is 0 Å². The minimum Gasteiger partial charge on any atom is -0.330 e. The molecule has 0 atom stereocenters. The molecule has 1 aliphatic rings. The molecule has 1 aromatic carbocycles. The van der Waals surface area contributed by atoms with E-state index in [9.17, 15) is 4.79 Å². The molecule has 4 nitrogen and oxygen atoms in total. The van der Waals surface area contributed by atoms with E-state index in [0.29, 0.717) is 19.4 Å². The SMILES string of the molecule is Cc1ccc(N2N=C(CCN)CC2=O)c(C)c1. The molecule has 2 N–H and O–H groups in total. The average molecular weight is 231 g/mol. The van der Waals surface area contributed by atoms with Crippen molar-refractivity contribution in [1.82, 2.24) is 0 Å². The summed E-state index contributed by atoms with van der Waals surface area (Å²) in [4.78, 5) is 11.9. The molecule has 1 heterocycles. The fourth-order valence-corrected chi connectivity index (χ4v) is 2.02. The number of aryl methyl sites for hydroxylation is 2. The number of benzene rings is 1. The van der Waals surface area contributed by atoms with Crippen molar-refractivity contribution in [1.29, 1.82) is 0 Å². The molecule has 0 saturated heterocycles. The summed E-state index contributed by atoms with van der Waals surface area (Å²) in [6.45, 7) is 4.56. The van der Waals surface area contributed by atoms with Crippen LogP contribution < -0.4 is 10.7 Å². The van der Waals surface area contributed by atoms with E-state index in [4.69, 9.17) is 5.73 Å². The van der Waals surface area contributed by atoms with Crippen molar-refractivity contribution in [3.63, 3.8) is 0 Å². The maximum absolute atomic E-state index is 11.9. The normalized spacial score (nSPS) is 15.4. The van der Waals surface area contributed by atoms with Gasteiger partial charge in [-0.3, -0.25) is 4.79 Å². The first-order valence-corrected chi connectivity index (χ1v) is 5.78. The lowest BCUT2D eigenvalue weighted by Gasteiger charge is -2.14. The van der Waals surface area contributed by atoms with Crippen LogP contribution in [0.1, 0.15) is 24.0 Å². The van der Waals surface area contributed by atoms with Crippen LogP contribution in [-0.4, -0.2) is 18.2 Å². The Hall–Kier alpha value is -1.68. The first-order valence-electron chi connectivity index (χ1n) is 5.78. The van der Waals surface area contributed by atoms with Gasteiger partial charge in [-0.05, 0) is 32.0 Å². The summed E-state index contributed by atoms with van der Waals surface area (Å²) in [7, 11) is 0. The summed E-state index contributed by atoms with van der Waals surface area (Å²) in [5, 5.41) is 5.84. The lowest BCUT2D eigenvalue weighted by atomic mass is 10.1. The van der Waals surface area contributed by atoms with Crippen molar-refractivity contribution in [2.24, 2.45) is 10.8 Å². The smallest absolute Gasteiger partial charge is 0.253 e. The van der Waals surface area contributed by atoms with Gasteiger partial charge in [0.1, 0.15) is 0 Å². The monoisotopic (exact) mass is 231 g/mol. The predicted octanol–water partition coefficient (Wildman–Crippen LogP) is 1.74. The van der Waals surface area contributed by atoms with Gasteiger partial charge < -0.3 is 5.73 Å². The Morgan fingerprint density at radius 1 is 1.41 bits per heavy atom. The molecule has 2 rings (SSSR count). The number of rotatable bonds is 3. The Bertz CT molecular complexity index is 480. The van der Waals surface area contributed by atoms with Crippen molar-refractivity contribution in [3.05, 3.63) is 29.3 Å². The van der Waals surface area contributed by atoms with Crippen LogP contribution in [0.25, 0.3) is 0 Å². The first kappa shape index (κ1) is 11.8. The molecule has 90 valence electrons. The zero-order chi connectivity index (χ0) is 12.4. The molecule has 0 spiro atoms. The molecule has 4 heteroatoms. The Morgan fingerprint density at radius 2 is 2.18 bits per heavy atom. The van der Waals surface area contributed by atoms with Gasteiger partial charge in [-0.2, -0.15) is 5.10 Å². The average Bonchev–Trinajstić information content (AvgIpc) is 2.60. The summed E-state index contributed by atoms with van der Waals surface area (Å²) >= 11 is 0. The molecule has 1 amide bonds. The highest BCUT2D eigenvalue weighted by atomic mass is 16.2. The van der Waals surface area contributed by atoms with E-state index < -0.39 is 0 Å². The van der Waals surface area contributed by atoms with E-state index in [1.807, 2.05) is 26.0 Å². The maximum atomic E-state index is 11.9.